The molecule has 0 fully saturated rings. The Hall–Kier alpha value is -1.63. The molecule has 0 aliphatic heterocycles. The van der Waals surface area contributed by atoms with Crippen LogP contribution in [0, 0.1) is 3.57 Å². The summed E-state index contributed by atoms with van der Waals surface area (Å²) in [5, 5.41) is 9.77. The van der Waals surface area contributed by atoms with Crippen molar-refractivity contribution in [2.24, 2.45) is 7.05 Å². The summed E-state index contributed by atoms with van der Waals surface area (Å²) in [4.78, 5) is 8.84. The Morgan fingerprint density at radius 3 is 2.83 bits per heavy atom. The van der Waals surface area contributed by atoms with E-state index in [1.165, 1.54) is 0 Å². The molecule has 0 amide bonds. The number of phenolic OH excluding ortho intramolecular Hbond substituents is 1. The van der Waals surface area contributed by atoms with Crippen LogP contribution in [0.5, 0.6) is 5.75 Å². The maximum absolute atomic E-state index is 9.77. The lowest BCUT2D eigenvalue weighted by Crippen LogP contribution is -1.93. The van der Waals surface area contributed by atoms with E-state index in [0.717, 1.165) is 26.1 Å². The number of pyridine rings is 1. The first-order valence-corrected chi connectivity index (χ1v) is 6.51. The van der Waals surface area contributed by atoms with Crippen LogP contribution in [0.2, 0.25) is 0 Å². The number of aromatic hydroxyl groups is 1. The molecule has 4 nitrogen and oxygen atoms in total. The summed E-state index contributed by atoms with van der Waals surface area (Å²) < 4.78 is 2.75. The molecule has 1 aromatic carbocycles. The monoisotopic (exact) mass is 351 g/mol. The Morgan fingerprint density at radius 2 is 2.11 bits per heavy atom. The topological polar surface area (TPSA) is 50.9 Å². The molecular formula is C13H10IN3O. The summed E-state index contributed by atoms with van der Waals surface area (Å²) in [5.41, 5.74) is 2.58. The zero-order chi connectivity index (χ0) is 12.7. The van der Waals surface area contributed by atoms with Crippen molar-refractivity contribution in [1.82, 2.24) is 14.5 Å². The summed E-state index contributed by atoms with van der Waals surface area (Å²) in [5.74, 6) is 1.07. The average Bonchev–Trinajstić information content (AvgIpc) is 2.71. The summed E-state index contributed by atoms with van der Waals surface area (Å²) in [6.07, 6.45) is 1.75. The Morgan fingerprint density at radius 1 is 1.28 bits per heavy atom. The van der Waals surface area contributed by atoms with Crippen molar-refractivity contribution in [3.05, 3.63) is 40.1 Å². The SMILES string of the molecule is Cn1c(-c2ccc(I)c(O)c2)nc2cccnc21. The lowest BCUT2D eigenvalue weighted by Gasteiger charge is -2.03. The number of halogens is 1. The molecule has 18 heavy (non-hydrogen) atoms. The van der Waals surface area contributed by atoms with Crippen molar-refractivity contribution < 1.29 is 5.11 Å². The van der Waals surface area contributed by atoms with E-state index in [2.05, 4.69) is 32.6 Å². The molecule has 0 radical (unpaired) electrons. The number of hydrogen-bond acceptors (Lipinski definition) is 3. The predicted octanol–water partition coefficient (Wildman–Crippen LogP) is 2.95. The normalized spacial score (nSPS) is 11.0. The average molecular weight is 351 g/mol. The van der Waals surface area contributed by atoms with Crippen molar-refractivity contribution in [1.29, 1.82) is 0 Å². The molecule has 5 heteroatoms. The number of imidazole rings is 1. The molecule has 2 heterocycles. The van der Waals surface area contributed by atoms with Gasteiger partial charge in [0.2, 0.25) is 0 Å². The van der Waals surface area contributed by atoms with Crippen LogP contribution in [0.1, 0.15) is 0 Å². The first-order chi connectivity index (χ1) is 8.66. The highest BCUT2D eigenvalue weighted by Crippen LogP contribution is 2.28. The van der Waals surface area contributed by atoms with Crippen molar-refractivity contribution in [3.63, 3.8) is 0 Å². The third-order valence-electron chi connectivity index (χ3n) is 2.83. The molecule has 90 valence electrons. The van der Waals surface area contributed by atoms with Gasteiger partial charge in [0.1, 0.15) is 17.1 Å². The van der Waals surface area contributed by atoms with Crippen LogP contribution in [-0.4, -0.2) is 19.6 Å². The molecule has 0 saturated carbocycles. The number of aromatic nitrogens is 3. The van der Waals surface area contributed by atoms with Gasteiger partial charge in [-0.15, -0.1) is 0 Å². The third-order valence-corrected chi connectivity index (χ3v) is 3.74. The van der Waals surface area contributed by atoms with Gasteiger partial charge in [0.25, 0.3) is 0 Å². The maximum Gasteiger partial charge on any atom is 0.159 e. The van der Waals surface area contributed by atoms with E-state index in [1.807, 2.05) is 35.9 Å². The molecular weight excluding hydrogens is 341 g/mol. The van der Waals surface area contributed by atoms with E-state index in [1.54, 1.807) is 12.3 Å². The Kier molecular flexibility index (Phi) is 2.70. The Labute approximate surface area is 117 Å². The number of aryl methyl sites for hydroxylation is 1. The highest BCUT2D eigenvalue weighted by Gasteiger charge is 2.11. The highest BCUT2D eigenvalue weighted by atomic mass is 127. The second kappa shape index (κ2) is 4.24. The number of rotatable bonds is 1. The summed E-state index contributed by atoms with van der Waals surface area (Å²) in [6, 6.07) is 9.34. The number of benzene rings is 1. The van der Waals surface area contributed by atoms with Crippen LogP contribution < -0.4 is 0 Å². The standard InChI is InChI=1S/C13H10IN3O/c1-17-12(8-4-5-9(14)11(18)7-8)16-10-3-2-6-15-13(10)17/h2-7,18H,1H3. The minimum Gasteiger partial charge on any atom is -0.507 e. The van der Waals surface area contributed by atoms with Gasteiger partial charge in [0, 0.05) is 18.8 Å². The van der Waals surface area contributed by atoms with Gasteiger partial charge >= 0.3 is 0 Å². The lowest BCUT2D eigenvalue weighted by atomic mass is 10.2. The fourth-order valence-corrected chi connectivity index (χ4v) is 2.27. The van der Waals surface area contributed by atoms with E-state index in [4.69, 9.17) is 0 Å². The second-order valence-corrected chi connectivity index (χ2v) is 5.17. The molecule has 0 aliphatic rings. The van der Waals surface area contributed by atoms with Gasteiger partial charge in [0.05, 0.1) is 3.57 Å². The molecule has 3 aromatic rings. The fraction of sp³-hybridized carbons (Fsp3) is 0.0769. The number of hydrogen-bond donors (Lipinski definition) is 1. The van der Waals surface area contributed by atoms with Gasteiger partial charge < -0.3 is 9.67 Å². The number of fused-ring (bicyclic) bond motifs is 1. The largest absolute Gasteiger partial charge is 0.507 e. The van der Waals surface area contributed by atoms with Crippen molar-refractivity contribution in [2.45, 2.75) is 0 Å². The van der Waals surface area contributed by atoms with E-state index in [9.17, 15) is 5.11 Å². The smallest absolute Gasteiger partial charge is 0.159 e. The molecule has 0 spiro atoms. The predicted molar refractivity (Wildman–Crippen MR) is 78.3 cm³/mol. The Bertz CT molecular complexity index is 736. The van der Waals surface area contributed by atoms with Crippen molar-refractivity contribution >= 4 is 33.8 Å². The van der Waals surface area contributed by atoms with Crippen LogP contribution in [0.25, 0.3) is 22.6 Å². The molecule has 0 aliphatic carbocycles. The van der Waals surface area contributed by atoms with Gasteiger partial charge in [0.15, 0.2) is 5.65 Å². The van der Waals surface area contributed by atoms with Crippen LogP contribution >= 0.6 is 22.6 Å². The van der Waals surface area contributed by atoms with Gasteiger partial charge in [-0.3, -0.25) is 0 Å². The summed E-state index contributed by atoms with van der Waals surface area (Å²) in [6.45, 7) is 0. The molecule has 0 atom stereocenters. The molecule has 0 bridgehead atoms. The van der Waals surface area contributed by atoms with Gasteiger partial charge in [-0.1, -0.05) is 0 Å². The molecule has 1 N–H and O–H groups in total. The number of phenols is 1. The zero-order valence-electron chi connectivity index (χ0n) is 9.63. The molecule has 2 aromatic heterocycles. The molecule has 0 unspecified atom stereocenters. The van der Waals surface area contributed by atoms with E-state index in [0.29, 0.717) is 0 Å². The van der Waals surface area contributed by atoms with Crippen molar-refractivity contribution in [2.75, 3.05) is 0 Å². The second-order valence-electron chi connectivity index (χ2n) is 4.01. The van der Waals surface area contributed by atoms with Crippen LogP contribution in [0.4, 0.5) is 0 Å². The minimum absolute atomic E-state index is 0.271. The van der Waals surface area contributed by atoms with Gasteiger partial charge in [-0.25, -0.2) is 9.97 Å². The van der Waals surface area contributed by atoms with Crippen LogP contribution in [-0.2, 0) is 7.05 Å². The van der Waals surface area contributed by atoms with Crippen LogP contribution in [0.3, 0.4) is 0 Å². The van der Waals surface area contributed by atoms with E-state index >= 15 is 0 Å². The zero-order valence-corrected chi connectivity index (χ0v) is 11.8. The van der Waals surface area contributed by atoms with E-state index < -0.39 is 0 Å². The number of nitrogens with zero attached hydrogens (tertiary/aromatic N) is 3. The summed E-state index contributed by atoms with van der Waals surface area (Å²) >= 11 is 2.09. The Balaban J connectivity index is 2.25. The van der Waals surface area contributed by atoms with E-state index in [-0.39, 0.29) is 5.75 Å². The first-order valence-electron chi connectivity index (χ1n) is 5.43. The van der Waals surface area contributed by atoms with Gasteiger partial charge in [-0.05, 0) is 52.9 Å². The quantitative estimate of drug-likeness (QED) is 0.686. The molecule has 3 rings (SSSR count). The lowest BCUT2D eigenvalue weighted by molar-refractivity contribution is 0.471. The third kappa shape index (κ3) is 1.74. The molecule has 0 saturated heterocycles. The van der Waals surface area contributed by atoms with Crippen LogP contribution in [0.15, 0.2) is 36.5 Å². The first kappa shape index (κ1) is 11.5. The van der Waals surface area contributed by atoms with Gasteiger partial charge in [-0.2, -0.15) is 0 Å². The maximum atomic E-state index is 9.77. The minimum atomic E-state index is 0.271. The highest BCUT2D eigenvalue weighted by molar-refractivity contribution is 14.1. The van der Waals surface area contributed by atoms with Crippen molar-refractivity contribution in [3.8, 4) is 17.1 Å². The summed E-state index contributed by atoms with van der Waals surface area (Å²) in [7, 11) is 1.92. The fourth-order valence-electron chi connectivity index (χ4n) is 1.93.